The summed E-state index contributed by atoms with van der Waals surface area (Å²) in [6.07, 6.45) is 8.44. The Bertz CT molecular complexity index is 1240. The highest BCUT2D eigenvalue weighted by Crippen LogP contribution is 2.32. The molecule has 2 aromatic rings. The number of aliphatic hydroxyl groups is 4. The first kappa shape index (κ1) is 37.7. The van der Waals surface area contributed by atoms with Gasteiger partial charge in [-0.1, -0.05) is 40.2 Å². The molecule has 0 heterocycles. The van der Waals surface area contributed by atoms with Crippen molar-refractivity contribution in [2.24, 2.45) is 0 Å². The fraction of sp³-hybridized carbons (Fsp3) is 0.457. The number of nitrogens with zero attached hydrogens (tertiary/aromatic N) is 2. The van der Waals surface area contributed by atoms with Gasteiger partial charge in [0, 0.05) is 35.4 Å². The molecule has 2 aromatic carbocycles. The minimum Gasteiger partial charge on any atom is -0.394 e. The zero-order valence-corrected chi connectivity index (χ0v) is 28.0. The number of rotatable bonds is 23. The number of halogens is 1. The van der Waals surface area contributed by atoms with E-state index in [2.05, 4.69) is 86.1 Å². The Morgan fingerprint density at radius 1 is 0.609 bits per heavy atom. The van der Waals surface area contributed by atoms with Gasteiger partial charge < -0.3 is 44.3 Å². The predicted octanol–water partition coefficient (Wildman–Crippen LogP) is 2.67. The maximum absolute atomic E-state index is 9.07. The van der Waals surface area contributed by atoms with Gasteiger partial charge in [0.2, 0.25) is 0 Å². The van der Waals surface area contributed by atoms with Crippen molar-refractivity contribution in [3.05, 3.63) is 94.0 Å². The van der Waals surface area contributed by atoms with Crippen molar-refractivity contribution in [2.45, 2.75) is 0 Å². The second-order valence-corrected chi connectivity index (χ2v) is 11.2. The number of aliphatic hydroxyl groups excluding tert-OH is 4. The molecule has 0 unspecified atom stereocenters. The van der Waals surface area contributed by atoms with Crippen molar-refractivity contribution in [1.82, 2.24) is 0 Å². The summed E-state index contributed by atoms with van der Waals surface area (Å²) in [5.74, 6) is 0. The van der Waals surface area contributed by atoms with Gasteiger partial charge in [-0.05, 0) is 58.7 Å². The Labute approximate surface area is 280 Å². The molecule has 0 saturated carbocycles. The highest BCUT2D eigenvalue weighted by Gasteiger charge is 2.17. The first-order valence-corrected chi connectivity index (χ1v) is 16.5. The van der Waals surface area contributed by atoms with E-state index in [9.17, 15) is 0 Å². The summed E-state index contributed by atoms with van der Waals surface area (Å²) in [5.41, 5.74) is 6.34. The van der Waals surface area contributed by atoms with Crippen molar-refractivity contribution in [3.8, 4) is 0 Å². The third-order valence-corrected chi connectivity index (χ3v) is 7.61. The van der Waals surface area contributed by atoms with Crippen molar-refractivity contribution in [1.29, 1.82) is 0 Å². The molecule has 1 aliphatic rings. The molecule has 252 valence electrons. The molecular weight excluding hydrogens is 656 g/mol. The molecule has 11 heteroatoms. The maximum atomic E-state index is 9.07. The quantitative estimate of drug-likeness (QED) is 0.102. The molecule has 0 spiro atoms. The summed E-state index contributed by atoms with van der Waals surface area (Å²) >= 11 is 3.64. The van der Waals surface area contributed by atoms with E-state index in [0.29, 0.717) is 79.0 Å². The SMILES string of the molecule is OCCOCCN(CCOCCO)c1ccc(C(=C2C=CC(=[N+](CCOCCO)CCOCCO)C=C2)c2cccc(Br)c2)cc1. The van der Waals surface area contributed by atoms with Gasteiger partial charge in [0.25, 0.3) is 0 Å². The maximum Gasteiger partial charge on any atom is 0.200 e. The van der Waals surface area contributed by atoms with Gasteiger partial charge in [0.1, 0.15) is 13.2 Å². The second-order valence-electron chi connectivity index (χ2n) is 10.3. The van der Waals surface area contributed by atoms with Crippen LogP contribution in [0, 0.1) is 0 Å². The number of hydrogen-bond acceptors (Lipinski definition) is 9. The molecule has 1 aliphatic carbocycles. The van der Waals surface area contributed by atoms with Gasteiger partial charge in [0.15, 0.2) is 18.8 Å². The standard InChI is InChI=1S/C35H48BrN2O8/c36-32-3-1-2-31(28-32)35(29-4-8-33(9-5-29)37(12-20-43-24-16-39)13-21-44-25-17-40)30-6-10-34(11-7-30)38(14-22-45-26-18-41)15-23-46-27-19-42/h1-11,28,39-42H,12-27H2/q+1. The highest BCUT2D eigenvalue weighted by molar-refractivity contribution is 9.10. The normalized spacial score (nSPS) is 12.6. The largest absolute Gasteiger partial charge is 0.394 e. The van der Waals surface area contributed by atoms with E-state index in [-0.39, 0.29) is 26.4 Å². The Morgan fingerprint density at radius 3 is 1.63 bits per heavy atom. The lowest BCUT2D eigenvalue weighted by Gasteiger charge is -2.25. The van der Waals surface area contributed by atoms with Crippen LogP contribution >= 0.6 is 15.9 Å². The van der Waals surface area contributed by atoms with Gasteiger partial charge in [-0.3, -0.25) is 0 Å². The molecular formula is C35H48BrN2O8+. The fourth-order valence-corrected chi connectivity index (χ4v) is 5.33. The lowest BCUT2D eigenvalue weighted by atomic mass is 9.90. The van der Waals surface area contributed by atoms with E-state index in [4.69, 9.17) is 39.4 Å². The molecule has 3 rings (SSSR count). The zero-order chi connectivity index (χ0) is 32.8. The zero-order valence-electron chi connectivity index (χ0n) is 26.4. The van der Waals surface area contributed by atoms with Gasteiger partial charge in [0.05, 0.1) is 66.1 Å². The Balaban J connectivity index is 1.91. The van der Waals surface area contributed by atoms with E-state index in [1.165, 1.54) is 0 Å². The Hall–Kier alpha value is -2.71. The molecule has 0 saturated heterocycles. The lowest BCUT2D eigenvalue weighted by molar-refractivity contribution is -0.532. The van der Waals surface area contributed by atoms with E-state index in [0.717, 1.165) is 38.1 Å². The van der Waals surface area contributed by atoms with Crippen LogP contribution in [-0.2, 0) is 18.9 Å². The molecule has 46 heavy (non-hydrogen) atoms. The molecule has 0 radical (unpaired) electrons. The van der Waals surface area contributed by atoms with Crippen molar-refractivity contribution >= 4 is 32.9 Å². The summed E-state index contributed by atoms with van der Waals surface area (Å²) in [7, 11) is 0. The fourth-order valence-electron chi connectivity index (χ4n) is 4.93. The summed E-state index contributed by atoms with van der Waals surface area (Å²) in [6, 6.07) is 16.7. The number of anilines is 1. The van der Waals surface area contributed by atoms with Crippen molar-refractivity contribution in [2.75, 3.05) is 110 Å². The molecule has 0 amide bonds. The Kier molecular flexibility index (Phi) is 18.7. The third kappa shape index (κ3) is 13.2. The van der Waals surface area contributed by atoms with Crippen LogP contribution in [0.1, 0.15) is 11.1 Å². The van der Waals surface area contributed by atoms with E-state index in [1.54, 1.807) is 0 Å². The van der Waals surface area contributed by atoms with Crippen molar-refractivity contribution in [3.63, 3.8) is 0 Å². The minimum atomic E-state index is -0.0143. The van der Waals surface area contributed by atoms with E-state index < -0.39 is 0 Å². The summed E-state index contributed by atoms with van der Waals surface area (Å²) in [4.78, 5) is 2.18. The molecule has 0 fully saturated rings. The third-order valence-electron chi connectivity index (χ3n) is 7.12. The molecule has 0 aromatic heterocycles. The number of hydrogen-bond donors (Lipinski definition) is 4. The van der Waals surface area contributed by atoms with Crippen LogP contribution in [0.3, 0.4) is 0 Å². The molecule has 0 bridgehead atoms. The smallest absolute Gasteiger partial charge is 0.200 e. The van der Waals surface area contributed by atoms with Crippen LogP contribution in [0.15, 0.2) is 82.9 Å². The summed E-state index contributed by atoms with van der Waals surface area (Å²) in [5, 5.41) is 36.3. The van der Waals surface area contributed by atoms with Crippen LogP contribution in [0.25, 0.3) is 5.57 Å². The predicted molar refractivity (Wildman–Crippen MR) is 184 cm³/mol. The highest BCUT2D eigenvalue weighted by atomic mass is 79.9. The molecule has 0 atom stereocenters. The number of ether oxygens (including phenoxy) is 4. The molecule has 4 N–H and O–H groups in total. The minimum absolute atomic E-state index is 0.0143. The van der Waals surface area contributed by atoms with E-state index in [1.807, 2.05) is 12.1 Å². The number of benzene rings is 2. The van der Waals surface area contributed by atoms with Crippen LogP contribution in [-0.4, -0.2) is 136 Å². The van der Waals surface area contributed by atoms with Crippen LogP contribution in [0.4, 0.5) is 5.69 Å². The van der Waals surface area contributed by atoms with Crippen LogP contribution in [0.5, 0.6) is 0 Å². The first-order chi connectivity index (χ1) is 22.6. The average molecular weight is 705 g/mol. The van der Waals surface area contributed by atoms with Crippen molar-refractivity contribution < 1.29 is 43.9 Å². The van der Waals surface area contributed by atoms with Gasteiger partial charge >= 0.3 is 0 Å². The van der Waals surface area contributed by atoms with Gasteiger partial charge in [-0.15, -0.1) is 0 Å². The Morgan fingerprint density at radius 2 is 1.13 bits per heavy atom. The van der Waals surface area contributed by atoms with Crippen LogP contribution < -0.4 is 4.90 Å². The monoisotopic (exact) mass is 703 g/mol. The second kappa shape index (κ2) is 22.8. The van der Waals surface area contributed by atoms with Gasteiger partial charge in [-0.25, -0.2) is 4.58 Å². The average Bonchev–Trinajstić information content (AvgIpc) is 3.08. The molecule has 0 aliphatic heterocycles. The molecule has 10 nitrogen and oxygen atoms in total. The summed E-state index contributed by atoms with van der Waals surface area (Å²) in [6.45, 7) is 5.57. The number of allylic oxidation sites excluding steroid dienone is 5. The summed E-state index contributed by atoms with van der Waals surface area (Å²) < 4.78 is 25.3. The van der Waals surface area contributed by atoms with Gasteiger partial charge in [-0.2, -0.15) is 0 Å². The topological polar surface area (TPSA) is 124 Å². The van der Waals surface area contributed by atoms with Crippen LogP contribution in [0.2, 0.25) is 0 Å². The van der Waals surface area contributed by atoms with E-state index >= 15 is 0 Å². The first-order valence-electron chi connectivity index (χ1n) is 15.7. The lowest BCUT2D eigenvalue weighted by Crippen LogP contribution is -2.31.